The first-order chi connectivity index (χ1) is 5.50. The summed E-state index contributed by atoms with van der Waals surface area (Å²) in [6.07, 6.45) is 5.42. The van der Waals surface area contributed by atoms with E-state index in [1.165, 1.54) is 0 Å². The van der Waals surface area contributed by atoms with Crippen molar-refractivity contribution < 1.29 is 14.6 Å². The fourth-order valence-electron chi connectivity index (χ4n) is 0.565. The largest absolute Gasteiger partial charge is 0.481 e. The summed E-state index contributed by atoms with van der Waals surface area (Å²) in [6, 6.07) is 0. The zero-order valence-electron chi connectivity index (χ0n) is 7.46. The first-order valence-corrected chi connectivity index (χ1v) is 3.75. The zero-order chi connectivity index (χ0) is 9.61. The van der Waals surface area contributed by atoms with E-state index in [1.54, 1.807) is 13.8 Å². The predicted octanol–water partition coefficient (Wildman–Crippen LogP) is 1.14. The number of hydrogen-bond donors (Lipinski definition) is 1. The van der Waals surface area contributed by atoms with Gasteiger partial charge in [0.1, 0.15) is 6.61 Å². The topological polar surface area (TPSA) is 46.5 Å². The number of ether oxygens (including phenoxy) is 1. The standard InChI is InChI=1S/C9H14O3/c1-4-6-12-7-5-9(2,3)8(10)11/h1H,5-7H2,2-3H3,(H,10,11). The van der Waals surface area contributed by atoms with E-state index in [0.717, 1.165) is 0 Å². The number of aliphatic carboxylic acids is 1. The summed E-state index contributed by atoms with van der Waals surface area (Å²) in [7, 11) is 0. The van der Waals surface area contributed by atoms with Gasteiger partial charge in [0, 0.05) is 6.61 Å². The molecule has 0 radical (unpaired) electrons. The van der Waals surface area contributed by atoms with Gasteiger partial charge < -0.3 is 9.84 Å². The molecule has 68 valence electrons. The summed E-state index contributed by atoms with van der Waals surface area (Å²) >= 11 is 0. The van der Waals surface area contributed by atoms with Crippen molar-refractivity contribution in [2.24, 2.45) is 5.41 Å². The Balaban J connectivity index is 3.63. The van der Waals surface area contributed by atoms with Gasteiger partial charge in [-0.05, 0) is 20.3 Å². The Morgan fingerprint density at radius 1 is 1.67 bits per heavy atom. The smallest absolute Gasteiger partial charge is 0.309 e. The van der Waals surface area contributed by atoms with Gasteiger partial charge in [-0.3, -0.25) is 4.79 Å². The molecule has 0 saturated carbocycles. The van der Waals surface area contributed by atoms with Crippen LogP contribution in [0.4, 0.5) is 0 Å². The van der Waals surface area contributed by atoms with Crippen LogP contribution in [0.5, 0.6) is 0 Å². The van der Waals surface area contributed by atoms with Gasteiger partial charge in [-0.15, -0.1) is 6.42 Å². The van der Waals surface area contributed by atoms with Crippen LogP contribution in [0.3, 0.4) is 0 Å². The maximum atomic E-state index is 10.6. The molecule has 0 unspecified atom stereocenters. The van der Waals surface area contributed by atoms with E-state index in [0.29, 0.717) is 13.0 Å². The zero-order valence-corrected chi connectivity index (χ0v) is 7.46. The van der Waals surface area contributed by atoms with E-state index >= 15 is 0 Å². The maximum Gasteiger partial charge on any atom is 0.309 e. The third-order valence-corrected chi connectivity index (χ3v) is 1.64. The van der Waals surface area contributed by atoms with E-state index in [-0.39, 0.29) is 6.61 Å². The predicted molar refractivity (Wildman–Crippen MR) is 45.7 cm³/mol. The molecule has 0 bridgehead atoms. The number of carbonyl (C=O) groups is 1. The molecule has 0 spiro atoms. The van der Waals surface area contributed by atoms with Gasteiger partial charge in [-0.2, -0.15) is 0 Å². The van der Waals surface area contributed by atoms with Crippen LogP contribution in [0, 0.1) is 17.8 Å². The van der Waals surface area contributed by atoms with Crippen molar-refractivity contribution >= 4 is 5.97 Å². The average molecular weight is 170 g/mol. The van der Waals surface area contributed by atoms with Crippen LogP contribution < -0.4 is 0 Å². The van der Waals surface area contributed by atoms with E-state index < -0.39 is 11.4 Å². The lowest BCUT2D eigenvalue weighted by Crippen LogP contribution is -2.25. The second-order valence-corrected chi connectivity index (χ2v) is 3.20. The summed E-state index contributed by atoms with van der Waals surface area (Å²) in [4.78, 5) is 10.6. The molecule has 0 atom stereocenters. The molecule has 0 aliphatic rings. The van der Waals surface area contributed by atoms with Crippen molar-refractivity contribution in [2.75, 3.05) is 13.2 Å². The van der Waals surface area contributed by atoms with Crippen LogP contribution in [-0.2, 0) is 9.53 Å². The van der Waals surface area contributed by atoms with Crippen molar-refractivity contribution in [3.8, 4) is 12.3 Å². The van der Waals surface area contributed by atoms with E-state index in [4.69, 9.17) is 16.3 Å². The highest BCUT2D eigenvalue weighted by Gasteiger charge is 2.26. The summed E-state index contributed by atoms with van der Waals surface area (Å²) in [5.74, 6) is 1.50. The molecule has 3 nitrogen and oxygen atoms in total. The lowest BCUT2D eigenvalue weighted by atomic mass is 9.90. The second-order valence-electron chi connectivity index (χ2n) is 3.20. The molecule has 1 N–H and O–H groups in total. The Kier molecular flexibility index (Phi) is 4.38. The minimum Gasteiger partial charge on any atom is -0.481 e. The Bertz CT molecular complexity index is 188. The Labute approximate surface area is 72.7 Å². The number of hydrogen-bond acceptors (Lipinski definition) is 2. The fourth-order valence-corrected chi connectivity index (χ4v) is 0.565. The van der Waals surface area contributed by atoms with Gasteiger partial charge in [0.05, 0.1) is 5.41 Å². The number of carboxylic acid groups (broad SMARTS) is 1. The van der Waals surface area contributed by atoms with Crippen LogP contribution in [0.15, 0.2) is 0 Å². The van der Waals surface area contributed by atoms with Gasteiger partial charge in [0.2, 0.25) is 0 Å². The van der Waals surface area contributed by atoms with E-state index in [9.17, 15) is 4.79 Å². The number of rotatable bonds is 5. The fraction of sp³-hybridized carbons (Fsp3) is 0.667. The Morgan fingerprint density at radius 2 is 2.25 bits per heavy atom. The minimum atomic E-state index is -0.813. The average Bonchev–Trinajstić information content (AvgIpc) is 1.98. The number of terminal acetylenes is 1. The first kappa shape index (κ1) is 11.0. The molecule has 0 aliphatic heterocycles. The molecule has 0 rings (SSSR count). The molecular weight excluding hydrogens is 156 g/mol. The van der Waals surface area contributed by atoms with E-state index in [1.807, 2.05) is 0 Å². The quantitative estimate of drug-likeness (QED) is 0.497. The first-order valence-electron chi connectivity index (χ1n) is 3.75. The summed E-state index contributed by atoms with van der Waals surface area (Å²) in [6.45, 7) is 3.96. The van der Waals surface area contributed by atoms with E-state index in [2.05, 4.69) is 5.92 Å². The normalized spacial score (nSPS) is 10.8. The molecule has 0 saturated heterocycles. The lowest BCUT2D eigenvalue weighted by molar-refractivity contribution is -0.147. The molecule has 0 aromatic heterocycles. The molecule has 0 amide bonds. The highest BCUT2D eigenvalue weighted by molar-refractivity contribution is 5.73. The van der Waals surface area contributed by atoms with Crippen molar-refractivity contribution in [1.29, 1.82) is 0 Å². The van der Waals surface area contributed by atoms with Gasteiger partial charge in [0.25, 0.3) is 0 Å². The SMILES string of the molecule is C#CCOCCC(C)(C)C(=O)O. The van der Waals surface area contributed by atoms with Gasteiger partial charge in [0.15, 0.2) is 0 Å². The summed E-state index contributed by atoms with van der Waals surface area (Å²) in [5.41, 5.74) is -0.728. The molecule has 0 heterocycles. The van der Waals surface area contributed by atoms with Crippen molar-refractivity contribution in [3.05, 3.63) is 0 Å². The molecule has 0 aromatic rings. The maximum absolute atomic E-state index is 10.6. The molecular formula is C9H14O3. The molecule has 3 heteroatoms. The Hall–Kier alpha value is -1.01. The third-order valence-electron chi connectivity index (χ3n) is 1.64. The van der Waals surface area contributed by atoms with Crippen molar-refractivity contribution in [2.45, 2.75) is 20.3 Å². The van der Waals surface area contributed by atoms with Crippen LogP contribution in [0.1, 0.15) is 20.3 Å². The van der Waals surface area contributed by atoms with Crippen LogP contribution in [-0.4, -0.2) is 24.3 Å². The van der Waals surface area contributed by atoms with Gasteiger partial charge in [-0.1, -0.05) is 5.92 Å². The van der Waals surface area contributed by atoms with Crippen LogP contribution in [0.25, 0.3) is 0 Å². The van der Waals surface area contributed by atoms with Crippen molar-refractivity contribution in [3.63, 3.8) is 0 Å². The lowest BCUT2D eigenvalue weighted by Gasteiger charge is -2.17. The summed E-state index contributed by atoms with van der Waals surface area (Å²) in [5, 5.41) is 8.70. The highest BCUT2D eigenvalue weighted by atomic mass is 16.5. The minimum absolute atomic E-state index is 0.246. The van der Waals surface area contributed by atoms with Crippen LogP contribution in [0.2, 0.25) is 0 Å². The summed E-state index contributed by atoms with van der Waals surface area (Å²) < 4.78 is 4.97. The molecule has 0 aliphatic carbocycles. The Morgan fingerprint density at radius 3 is 2.67 bits per heavy atom. The third kappa shape index (κ3) is 3.99. The van der Waals surface area contributed by atoms with Crippen LogP contribution >= 0.6 is 0 Å². The number of carboxylic acids is 1. The molecule has 0 fully saturated rings. The second kappa shape index (κ2) is 4.78. The molecule has 0 aromatic carbocycles. The monoisotopic (exact) mass is 170 g/mol. The van der Waals surface area contributed by atoms with Gasteiger partial charge >= 0.3 is 5.97 Å². The molecule has 12 heavy (non-hydrogen) atoms. The highest BCUT2D eigenvalue weighted by Crippen LogP contribution is 2.19. The van der Waals surface area contributed by atoms with Gasteiger partial charge in [-0.25, -0.2) is 0 Å². The van der Waals surface area contributed by atoms with Crippen molar-refractivity contribution in [1.82, 2.24) is 0 Å².